The van der Waals surface area contributed by atoms with Crippen LogP contribution in [0.25, 0.3) is 0 Å². The first kappa shape index (κ1) is 11.6. The van der Waals surface area contributed by atoms with E-state index in [9.17, 15) is 9.59 Å². The highest BCUT2D eigenvalue weighted by molar-refractivity contribution is 5.97. The molecule has 2 rings (SSSR count). The van der Waals surface area contributed by atoms with Gasteiger partial charge in [0.05, 0.1) is 0 Å². The number of hydrogen-bond acceptors (Lipinski definition) is 2. The minimum absolute atomic E-state index is 0.0266. The highest BCUT2D eigenvalue weighted by atomic mass is 16.2. The van der Waals surface area contributed by atoms with Crippen molar-refractivity contribution < 1.29 is 9.59 Å². The first-order valence-corrected chi connectivity index (χ1v) is 5.77. The number of anilines is 1. The first-order valence-electron chi connectivity index (χ1n) is 5.77. The summed E-state index contributed by atoms with van der Waals surface area (Å²) >= 11 is 0. The number of benzene rings is 1. The molecule has 0 saturated heterocycles. The zero-order valence-corrected chi connectivity index (χ0v) is 9.85. The predicted molar refractivity (Wildman–Crippen MR) is 65.5 cm³/mol. The largest absolute Gasteiger partial charge is 0.369 e. The third-order valence-electron chi connectivity index (χ3n) is 3.15. The Balaban J connectivity index is 2.10. The molecule has 0 fully saturated rings. The van der Waals surface area contributed by atoms with Gasteiger partial charge in [0.15, 0.2) is 0 Å². The summed E-state index contributed by atoms with van der Waals surface area (Å²) in [7, 11) is 0. The molecule has 0 bridgehead atoms. The molecular weight excluding hydrogens is 216 g/mol. The van der Waals surface area contributed by atoms with Crippen LogP contribution in [0, 0.1) is 5.92 Å². The Morgan fingerprint density at radius 3 is 2.82 bits per heavy atom. The molecule has 1 aromatic carbocycles. The summed E-state index contributed by atoms with van der Waals surface area (Å²) < 4.78 is 0. The topological polar surface area (TPSA) is 63.4 Å². The van der Waals surface area contributed by atoms with Crippen molar-refractivity contribution in [3.8, 4) is 0 Å². The predicted octanol–water partition coefficient (Wildman–Crippen LogP) is 1.09. The van der Waals surface area contributed by atoms with Gasteiger partial charge < -0.3 is 10.6 Å². The molecule has 90 valence electrons. The summed E-state index contributed by atoms with van der Waals surface area (Å²) in [5.74, 6) is -0.859. The van der Waals surface area contributed by atoms with Gasteiger partial charge >= 0.3 is 0 Å². The fraction of sp³-hybridized carbons (Fsp3) is 0.385. The summed E-state index contributed by atoms with van der Waals surface area (Å²) in [5, 5.41) is 0. The maximum absolute atomic E-state index is 12.0. The molecular formula is C13H16N2O2. The lowest BCUT2D eigenvalue weighted by molar-refractivity contribution is -0.126. The molecule has 0 aromatic heterocycles. The van der Waals surface area contributed by atoms with E-state index >= 15 is 0 Å². The number of nitrogens with zero attached hydrogens (tertiary/aromatic N) is 1. The van der Waals surface area contributed by atoms with Crippen LogP contribution >= 0.6 is 0 Å². The summed E-state index contributed by atoms with van der Waals surface area (Å²) in [4.78, 5) is 24.7. The number of carbonyl (C=O) groups excluding carboxylic acids is 2. The van der Waals surface area contributed by atoms with E-state index in [1.807, 2.05) is 24.3 Å². The van der Waals surface area contributed by atoms with Gasteiger partial charge in [-0.3, -0.25) is 9.59 Å². The molecule has 4 heteroatoms. The minimum Gasteiger partial charge on any atom is -0.369 e. The lowest BCUT2D eigenvalue weighted by Gasteiger charge is -2.18. The van der Waals surface area contributed by atoms with Crippen LogP contribution in [0.3, 0.4) is 0 Å². The van der Waals surface area contributed by atoms with Gasteiger partial charge in [-0.25, -0.2) is 0 Å². The maximum Gasteiger partial charge on any atom is 0.227 e. The zero-order valence-electron chi connectivity index (χ0n) is 9.85. The summed E-state index contributed by atoms with van der Waals surface area (Å²) in [6, 6.07) is 7.86. The van der Waals surface area contributed by atoms with Gasteiger partial charge in [-0.1, -0.05) is 25.1 Å². The van der Waals surface area contributed by atoms with Crippen molar-refractivity contribution in [1.29, 1.82) is 0 Å². The number of fused-ring (bicyclic) bond motifs is 1. The van der Waals surface area contributed by atoms with Crippen molar-refractivity contribution in [2.45, 2.75) is 19.8 Å². The molecule has 1 atom stereocenters. The van der Waals surface area contributed by atoms with Crippen LogP contribution < -0.4 is 10.6 Å². The number of hydrogen-bond donors (Lipinski definition) is 1. The smallest absolute Gasteiger partial charge is 0.227 e. The Kier molecular flexibility index (Phi) is 3.13. The van der Waals surface area contributed by atoms with E-state index in [-0.39, 0.29) is 12.3 Å². The normalized spacial score (nSPS) is 15.5. The SMILES string of the molecule is CC(CC(=O)N1CCc2ccccc21)C(N)=O. The van der Waals surface area contributed by atoms with Gasteiger partial charge in [0.1, 0.15) is 0 Å². The van der Waals surface area contributed by atoms with Crippen LogP contribution in [-0.4, -0.2) is 18.4 Å². The Morgan fingerprint density at radius 2 is 2.12 bits per heavy atom. The van der Waals surface area contributed by atoms with Crippen molar-refractivity contribution in [2.75, 3.05) is 11.4 Å². The van der Waals surface area contributed by atoms with Gasteiger partial charge in [0.25, 0.3) is 0 Å². The minimum atomic E-state index is -0.425. The summed E-state index contributed by atoms with van der Waals surface area (Å²) in [6.45, 7) is 2.38. The van der Waals surface area contributed by atoms with Crippen molar-refractivity contribution in [3.05, 3.63) is 29.8 Å². The molecule has 0 aliphatic carbocycles. The fourth-order valence-electron chi connectivity index (χ4n) is 2.07. The van der Waals surface area contributed by atoms with E-state index in [0.29, 0.717) is 6.54 Å². The van der Waals surface area contributed by atoms with Crippen LogP contribution in [0.15, 0.2) is 24.3 Å². The second-order valence-corrected chi connectivity index (χ2v) is 4.43. The molecule has 4 nitrogen and oxygen atoms in total. The maximum atomic E-state index is 12.0. The zero-order chi connectivity index (χ0) is 12.4. The Morgan fingerprint density at radius 1 is 1.41 bits per heavy atom. The third kappa shape index (κ3) is 2.30. The molecule has 0 radical (unpaired) electrons. The average Bonchev–Trinajstić information content (AvgIpc) is 2.72. The van der Waals surface area contributed by atoms with Gasteiger partial charge in [-0.15, -0.1) is 0 Å². The second kappa shape index (κ2) is 4.57. The molecule has 1 aliphatic rings. The van der Waals surface area contributed by atoms with Crippen LogP contribution in [0.4, 0.5) is 5.69 Å². The third-order valence-corrected chi connectivity index (χ3v) is 3.15. The molecule has 2 amide bonds. The fourth-order valence-corrected chi connectivity index (χ4v) is 2.07. The van der Waals surface area contributed by atoms with E-state index in [1.165, 1.54) is 5.56 Å². The summed E-state index contributed by atoms with van der Waals surface area (Å²) in [5.41, 5.74) is 7.32. The van der Waals surface area contributed by atoms with E-state index in [2.05, 4.69) is 0 Å². The number of amides is 2. The van der Waals surface area contributed by atoms with Crippen molar-refractivity contribution in [1.82, 2.24) is 0 Å². The molecule has 1 aliphatic heterocycles. The Labute approximate surface area is 100 Å². The number of nitrogens with two attached hydrogens (primary N) is 1. The van der Waals surface area contributed by atoms with Gasteiger partial charge in [0, 0.05) is 24.6 Å². The highest BCUT2D eigenvalue weighted by Crippen LogP contribution is 2.28. The van der Waals surface area contributed by atoms with Gasteiger partial charge in [-0.05, 0) is 18.1 Å². The number of carbonyl (C=O) groups is 2. The molecule has 0 spiro atoms. The highest BCUT2D eigenvalue weighted by Gasteiger charge is 2.26. The standard InChI is InChI=1S/C13H16N2O2/c1-9(13(14)17)8-12(16)15-7-6-10-4-2-3-5-11(10)15/h2-5,9H,6-8H2,1H3,(H2,14,17). The second-order valence-electron chi connectivity index (χ2n) is 4.43. The van der Waals surface area contributed by atoms with E-state index in [1.54, 1.807) is 11.8 Å². The lowest BCUT2D eigenvalue weighted by Crippen LogP contribution is -2.33. The molecule has 17 heavy (non-hydrogen) atoms. The Hall–Kier alpha value is -1.84. The van der Waals surface area contributed by atoms with E-state index < -0.39 is 11.8 Å². The number of rotatable bonds is 3. The monoisotopic (exact) mass is 232 g/mol. The number of primary amides is 1. The van der Waals surface area contributed by atoms with Crippen LogP contribution in [-0.2, 0) is 16.0 Å². The van der Waals surface area contributed by atoms with Crippen LogP contribution in [0.5, 0.6) is 0 Å². The molecule has 1 unspecified atom stereocenters. The van der Waals surface area contributed by atoms with Crippen molar-refractivity contribution >= 4 is 17.5 Å². The molecule has 0 saturated carbocycles. The van der Waals surface area contributed by atoms with Crippen molar-refractivity contribution in [3.63, 3.8) is 0 Å². The summed E-state index contributed by atoms with van der Waals surface area (Å²) in [6.07, 6.45) is 1.07. The average molecular weight is 232 g/mol. The lowest BCUT2D eigenvalue weighted by atomic mass is 10.1. The van der Waals surface area contributed by atoms with E-state index in [0.717, 1.165) is 12.1 Å². The Bertz CT molecular complexity index is 456. The molecule has 1 heterocycles. The van der Waals surface area contributed by atoms with Crippen molar-refractivity contribution in [2.24, 2.45) is 11.7 Å². The first-order chi connectivity index (χ1) is 8.09. The quantitative estimate of drug-likeness (QED) is 0.847. The molecule has 1 aromatic rings. The van der Waals surface area contributed by atoms with E-state index in [4.69, 9.17) is 5.73 Å². The van der Waals surface area contributed by atoms with Gasteiger partial charge in [0.2, 0.25) is 11.8 Å². The van der Waals surface area contributed by atoms with Gasteiger partial charge in [-0.2, -0.15) is 0 Å². The van der Waals surface area contributed by atoms with Crippen LogP contribution in [0.1, 0.15) is 18.9 Å². The number of para-hydroxylation sites is 1. The molecule has 2 N–H and O–H groups in total. The van der Waals surface area contributed by atoms with Crippen LogP contribution in [0.2, 0.25) is 0 Å².